The van der Waals surface area contributed by atoms with Gasteiger partial charge in [-0.3, -0.25) is 9.79 Å². The topological polar surface area (TPSA) is 57.2 Å². The average molecular weight is 324 g/mol. The van der Waals surface area contributed by atoms with Gasteiger partial charge in [-0.05, 0) is 31.6 Å². The maximum atomic E-state index is 11.7. The summed E-state index contributed by atoms with van der Waals surface area (Å²) in [6.07, 6.45) is 7.89. The van der Waals surface area contributed by atoms with Crippen molar-refractivity contribution in [3.63, 3.8) is 0 Å². The highest BCUT2D eigenvalue weighted by Gasteiger charge is 2.24. The summed E-state index contributed by atoms with van der Waals surface area (Å²) >= 11 is 0. The van der Waals surface area contributed by atoms with Gasteiger partial charge in [-0.25, -0.2) is 0 Å². The number of nitrogens with one attached hydrogen (secondary N) is 1. The first-order valence-electron chi connectivity index (χ1n) is 8.87. The number of likely N-dealkylation sites (tertiary alicyclic amines) is 1. The highest BCUT2D eigenvalue weighted by Crippen LogP contribution is 2.26. The van der Waals surface area contributed by atoms with Crippen molar-refractivity contribution in [3.05, 3.63) is 0 Å². The molecule has 1 saturated heterocycles. The van der Waals surface area contributed by atoms with E-state index < -0.39 is 0 Å². The quantitative estimate of drug-likeness (QED) is 0.612. The SMILES string of the molecule is CN=C(NCC(=O)N(C)C)N1CCC(OCC2CCCC2)CC1. The molecule has 1 aliphatic heterocycles. The Hall–Kier alpha value is -1.30. The van der Waals surface area contributed by atoms with E-state index >= 15 is 0 Å². The molecule has 1 N–H and O–H groups in total. The van der Waals surface area contributed by atoms with E-state index in [2.05, 4.69) is 15.2 Å². The average Bonchev–Trinajstić information content (AvgIpc) is 3.07. The molecular formula is C17H32N4O2. The van der Waals surface area contributed by atoms with Crippen molar-refractivity contribution in [1.29, 1.82) is 0 Å². The lowest BCUT2D eigenvalue weighted by molar-refractivity contribution is -0.127. The molecule has 0 radical (unpaired) electrons. The van der Waals surface area contributed by atoms with Crippen LogP contribution in [0.2, 0.25) is 0 Å². The van der Waals surface area contributed by atoms with Crippen LogP contribution in [0.5, 0.6) is 0 Å². The van der Waals surface area contributed by atoms with Crippen LogP contribution in [0.25, 0.3) is 0 Å². The number of aliphatic imine (C=N–C) groups is 1. The Kier molecular flexibility index (Phi) is 7.15. The molecule has 1 aliphatic carbocycles. The maximum absolute atomic E-state index is 11.7. The van der Waals surface area contributed by atoms with Crippen LogP contribution in [0.4, 0.5) is 0 Å². The number of rotatable bonds is 5. The summed E-state index contributed by atoms with van der Waals surface area (Å²) in [5.74, 6) is 1.66. The smallest absolute Gasteiger partial charge is 0.241 e. The van der Waals surface area contributed by atoms with Crippen molar-refractivity contribution in [2.75, 3.05) is 47.4 Å². The monoisotopic (exact) mass is 324 g/mol. The molecule has 1 saturated carbocycles. The van der Waals surface area contributed by atoms with Crippen LogP contribution in [0.3, 0.4) is 0 Å². The molecule has 0 bridgehead atoms. The normalized spacial score (nSPS) is 20.8. The summed E-state index contributed by atoms with van der Waals surface area (Å²) in [6.45, 7) is 3.10. The van der Waals surface area contributed by atoms with Gasteiger partial charge in [0.2, 0.25) is 5.91 Å². The molecule has 0 aromatic carbocycles. The number of hydrogen-bond donors (Lipinski definition) is 1. The molecule has 0 spiro atoms. The van der Waals surface area contributed by atoms with Crippen molar-refractivity contribution in [2.24, 2.45) is 10.9 Å². The van der Waals surface area contributed by atoms with Crippen molar-refractivity contribution < 1.29 is 9.53 Å². The summed E-state index contributed by atoms with van der Waals surface area (Å²) in [4.78, 5) is 19.8. The van der Waals surface area contributed by atoms with Gasteiger partial charge >= 0.3 is 0 Å². The number of carbonyl (C=O) groups is 1. The predicted octanol–water partition coefficient (Wildman–Crippen LogP) is 1.32. The standard InChI is InChI=1S/C17H32N4O2/c1-18-17(19-12-16(22)20(2)3)21-10-8-15(9-11-21)23-13-14-6-4-5-7-14/h14-15H,4-13H2,1-3H3,(H,18,19). The molecule has 6 nitrogen and oxygen atoms in total. The largest absolute Gasteiger partial charge is 0.378 e. The molecule has 0 aromatic heterocycles. The van der Waals surface area contributed by atoms with Crippen LogP contribution < -0.4 is 5.32 Å². The zero-order valence-electron chi connectivity index (χ0n) is 14.9. The Labute approximate surface area is 140 Å². The maximum Gasteiger partial charge on any atom is 0.241 e. The molecular weight excluding hydrogens is 292 g/mol. The molecule has 132 valence electrons. The minimum absolute atomic E-state index is 0.0564. The number of nitrogens with zero attached hydrogens (tertiary/aromatic N) is 3. The molecule has 2 fully saturated rings. The lowest BCUT2D eigenvalue weighted by Crippen LogP contribution is -2.49. The van der Waals surface area contributed by atoms with Crippen LogP contribution in [0.1, 0.15) is 38.5 Å². The Morgan fingerprint density at radius 2 is 1.87 bits per heavy atom. The van der Waals surface area contributed by atoms with Crippen LogP contribution in [-0.4, -0.2) is 75.2 Å². The van der Waals surface area contributed by atoms with Crippen molar-refractivity contribution >= 4 is 11.9 Å². The van der Waals surface area contributed by atoms with Crippen molar-refractivity contribution in [2.45, 2.75) is 44.6 Å². The summed E-state index contributed by atoms with van der Waals surface area (Å²) in [6, 6.07) is 0. The van der Waals surface area contributed by atoms with E-state index in [1.807, 2.05) is 0 Å². The Balaban J connectivity index is 1.68. The molecule has 2 aliphatic rings. The first-order chi connectivity index (χ1) is 11.1. The van der Waals surface area contributed by atoms with Gasteiger partial charge in [0.15, 0.2) is 5.96 Å². The van der Waals surface area contributed by atoms with Crippen LogP contribution in [0.15, 0.2) is 4.99 Å². The third kappa shape index (κ3) is 5.68. The van der Waals surface area contributed by atoms with E-state index in [-0.39, 0.29) is 12.5 Å². The van der Waals surface area contributed by atoms with Gasteiger partial charge < -0.3 is 19.9 Å². The lowest BCUT2D eigenvalue weighted by atomic mass is 10.1. The first-order valence-corrected chi connectivity index (χ1v) is 8.87. The fourth-order valence-corrected chi connectivity index (χ4v) is 3.33. The first kappa shape index (κ1) is 18.0. The fraction of sp³-hybridized carbons (Fsp3) is 0.882. The minimum atomic E-state index is 0.0564. The van der Waals surface area contributed by atoms with E-state index in [0.29, 0.717) is 6.10 Å². The van der Waals surface area contributed by atoms with Gasteiger partial charge in [-0.15, -0.1) is 0 Å². The van der Waals surface area contributed by atoms with Crippen LogP contribution in [-0.2, 0) is 9.53 Å². The van der Waals surface area contributed by atoms with Gasteiger partial charge in [0.25, 0.3) is 0 Å². The number of hydrogen-bond acceptors (Lipinski definition) is 3. The van der Waals surface area contributed by atoms with Gasteiger partial charge in [0.05, 0.1) is 12.6 Å². The Morgan fingerprint density at radius 1 is 1.22 bits per heavy atom. The summed E-state index contributed by atoms with van der Waals surface area (Å²) in [5.41, 5.74) is 0. The summed E-state index contributed by atoms with van der Waals surface area (Å²) in [5, 5.41) is 3.16. The molecule has 0 unspecified atom stereocenters. The number of guanidine groups is 1. The third-order valence-electron chi connectivity index (χ3n) is 4.89. The van der Waals surface area contributed by atoms with E-state index in [1.54, 1.807) is 26.0 Å². The van der Waals surface area contributed by atoms with Gasteiger partial charge in [-0.2, -0.15) is 0 Å². The van der Waals surface area contributed by atoms with Crippen molar-refractivity contribution in [1.82, 2.24) is 15.1 Å². The number of amides is 1. The second-order valence-corrected chi connectivity index (χ2v) is 6.86. The number of likely N-dealkylation sites (N-methyl/N-ethyl adjacent to an activating group) is 1. The Morgan fingerprint density at radius 3 is 2.43 bits per heavy atom. The zero-order chi connectivity index (χ0) is 16.7. The highest BCUT2D eigenvalue weighted by molar-refractivity contribution is 5.86. The zero-order valence-corrected chi connectivity index (χ0v) is 14.9. The summed E-state index contributed by atoms with van der Waals surface area (Å²) < 4.78 is 6.11. The van der Waals surface area contributed by atoms with E-state index in [0.717, 1.165) is 44.4 Å². The highest BCUT2D eigenvalue weighted by atomic mass is 16.5. The third-order valence-corrected chi connectivity index (χ3v) is 4.89. The lowest BCUT2D eigenvalue weighted by Gasteiger charge is -2.34. The molecule has 1 heterocycles. The van der Waals surface area contributed by atoms with Crippen molar-refractivity contribution in [3.8, 4) is 0 Å². The molecule has 6 heteroatoms. The summed E-state index contributed by atoms with van der Waals surface area (Å²) in [7, 11) is 5.30. The van der Waals surface area contributed by atoms with Gasteiger partial charge in [-0.1, -0.05) is 12.8 Å². The Bertz CT molecular complexity index is 397. The predicted molar refractivity (Wildman–Crippen MR) is 92.6 cm³/mol. The minimum Gasteiger partial charge on any atom is -0.378 e. The fourth-order valence-electron chi connectivity index (χ4n) is 3.33. The van der Waals surface area contributed by atoms with E-state index in [4.69, 9.17) is 4.74 Å². The van der Waals surface area contributed by atoms with Gasteiger partial charge in [0.1, 0.15) is 0 Å². The van der Waals surface area contributed by atoms with Gasteiger partial charge in [0, 0.05) is 40.8 Å². The molecule has 1 amide bonds. The number of piperidine rings is 1. The number of carbonyl (C=O) groups excluding carboxylic acids is 1. The second-order valence-electron chi connectivity index (χ2n) is 6.86. The molecule has 0 atom stereocenters. The molecule has 23 heavy (non-hydrogen) atoms. The van der Waals surface area contributed by atoms with Crippen LogP contribution in [0, 0.1) is 5.92 Å². The van der Waals surface area contributed by atoms with Crippen LogP contribution >= 0.6 is 0 Å². The molecule has 2 rings (SSSR count). The molecule has 0 aromatic rings. The second kappa shape index (κ2) is 9.11. The van der Waals surface area contributed by atoms with E-state index in [1.165, 1.54) is 25.7 Å². The number of ether oxygens (including phenoxy) is 1. The van der Waals surface area contributed by atoms with E-state index in [9.17, 15) is 4.79 Å².